The topological polar surface area (TPSA) is 0 Å². The molecule has 1 aromatic rings. The van der Waals surface area contributed by atoms with Crippen LogP contribution >= 0.6 is 15.8 Å². The molecular formula is C26H44P2. The van der Waals surface area contributed by atoms with Crippen LogP contribution in [0.1, 0.15) is 81.1 Å². The molecule has 0 bridgehead atoms. The molecule has 0 radical (unpaired) electrons. The molecule has 2 fully saturated rings. The van der Waals surface area contributed by atoms with Gasteiger partial charge < -0.3 is 0 Å². The summed E-state index contributed by atoms with van der Waals surface area (Å²) >= 11 is 0. The molecule has 5 atom stereocenters. The van der Waals surface area contributed by atoms with Crippen molar-refractivity contribution in [2.24, 2.45) is 23.7 Å². The van der Waals surface area contributed by atoms with E-state index in [2.05, 4.69) is 79.7 Å². The maximum absolute atomic E-state index is 2.58. The summed E-state index contributed by atoms with van der Waals surface area (Å²) in [6, 6.07) is 9.86. The predicted molar refractivity (Wildman–Crippen MR) is 133 cm³/mol. The zero-order valence-corrected chi connectivity index (χ0v) is 21.4. The van der Waals surface area contributed by atoms with Gasteiger partial charge in [0.1, 0.15) is 0 Å². The van der Waals surface area contributed by atoms with Gasteiger partial charge in [0.2, 0.25) is 0 Å². The third kappa shape index (κ3) is 4.40. The van der Waals surface area contributed by atoms with Gasteiger partial charge in [-0.15, -0.1) is 0 Å². The maximum atomic E-state index is 2.58. The molecule has 4 unspecified atom stereocenters. The van der Waals surface area contributed by atoms with Gasteiger partial charge in [-0.2, -0.15) is 0 Å². The van der Waals surface area contributed by atoms with Crippen LogP contribution in [-0.4, -0.2) is 22.6 Å². The minimum Gasteiger partial charge on any atom is -0.0677 e. The quantitative estimate of drug-likeness (QED) is 0.418. The third-order valence-corrected chi connectivity index (χ3v) is 15.8. The molecule has 0 nitrogen and oxygen atoms in total. The maximum Gasteiger partial charge on any atom is -0.0143 e. The van der Waals surface area contributed by atoms with E-state index < -0.39 is 0 Å². The van der Waals surface area contributed by atoms with Gasteiger partial charge in [-0.1, -0.05) is 95.5 Å². The van der Waals surface area contributed by atoms with Gasteiger partial charge in [-0.05, 0) is 82.6 Å². The van der Waals surface area contributed by atoms with Crippen molar-refractivity contribution >= 4 is 26.5 Å². The van der Waals surface area contributed by atoms with Crippen molar-refractivity contribution in [2.75, 3.05) is 0 Å². The summed E-state index contributed by atoms with van der Waals surface area (Å²) in [5.74, 6) is 3.28. The summed E-state index contributed by atoms with van der Waals surface area (Å²) in [5.41, 5.74) is 3.71. The largest absolute Gasteiger partial charge is 0.0677 e. The summed E-state index contributed by atoms with van der Waals surface area (Å²) in [6.07, 6.45) is 5.83. The SMILES string of the molecule is CC(C)C1CCC(C(C)C)P1c1ccccc1P1C(C(C)C)CC[C@H]1C(C)C. The van der Waals surface area contributed by atoms with E-state index in [9.17, 15) is 0 Å². The van der Waals surface area contributed by atoms with Crippen molar-refractivity contribution in [3.63, 3.8) is 0 Å². The third-order valence-electron chi connectivity index (χ3n) is 7.46. The Morgan fingerprint density at radius 3 is 1.00 bits per heavy atom. The van der Waals surface area contributed by atoms with Crippen LogP contribution in [0.3, 0.4) is 0 Å². The van der Waals surface area contributed by atoms with E-state index >= 15 is 0 Å². The second-order valence-electron chi connectivity index (χ2n) is 10.7. The highest BCUT2D eigenvalue weighted by atomic mass is 31.1. The van der Waals surface area contributed by atoms with Crippen molar-refractivity contribution in [1.82, 2.24) is 0 Å². The van der Waals surface area contributed by atoms with E-state index in [4.69, 9.17) is 0 Å². The molecule has 2 heterocycles. The molecule has 2 aliphatic rings. The molecule has 158 valence electrons. The van der Waals surface area contributed by atoms with Gasteiger partial charge in [0.25, 0.3) is 0 Å². The van der Waals surface area contributed by atoms with E-state index in [1.165, 1.54) is 25.7 Å². The summed E-state index contributed by atoms with van der Waals surface area (Å²) in [4.78, 5) is 0. The Bertz CT molecular complexity index is 546. The van der Waals surface area contributed by atoms with Crippen LogP contribution in [0.4, 0.5) is 0 Å². The first-order valence-electron chi connectivity index (χ1n) is 11.9. The average Bonchev–Trinajstić information content (AvgIpc) is 3.26. The minimum absolute atomic E-state index is 0.0433. The van der Waals surface area contributed by atoms with Crippen molar-refractivity contribution < 1.29 is 0 Å². The lowest BCUT2D eigenvalue weighted by atomic mass is 10.0. The number of hydrogen-bond acceptors (Lipinski definition) is 0. The Labute approximate surface area is 178 Å². The van der Waals surface area contributed by atoms with Crippen molar-refractivity contribution in [3.8, 4) is 0 Å². The fraction of sp³-hybridized carbons (Fsp3) is 0.769. The Balaban J connectivity index is 2.08. The van der Waals surface area contributed by atoms with Gasteiger partial charge in [-0.25, -0.2) is 0 Å². The molecule has 0 aromatic heterocycles. The molecule has 28 heavy (non-hydrogen) atoms. The molecule has 0 aliphatic carbocycles. The fourth-order valence-corrected chi connectivity index (χ4v) is 14.5. The van der Waals surface area contributed by atoms with Crippen molar-refractivity contribution in [1.29, 1.82) is 0 Å². The van der Waals surface area contributed by atoms with Crippen LogP contribution in [-0.2, 0) is 0 Å². The van der Waals surface area contributed by atoms with Crippen LogP contribution in [0, 0.1) is 23.7 Å². The first kappa shape index (κ1) is 22.8. The highest BCUT2D eigenvalue weighted by Gasteiger charge is 2.44. The highest BCUT2D eigenvalue weighted by Crippen LogP contribution is 2.63. The average molecular weight is 419 g/mol. The predicted octanol–water partition coefficient (Wildman–Crippen LogP) is 7.59. The van der Waals surface area contributed by atoms with Crippen LogP contribution in [0.25, 0.3) is 0 Å². The van der Waals surface area contributed by atoms with E-state index in [-0.39, 0.29) is 15.8 Å². The highest BCUT2D eigenvalue weighted by molar-refractivity contribution is 7.73. The minimum atomic E-state index is -0.0433. The summed E-state index contributed by atoms with van der Waals surface area (Å²) in [7, 11) is -0.0867. The van der Waals surface area contributed by atoms with Crippen LogP contribution < -0.4 is 10.6 Å². The van der Waals surface area contributed by atoms with Crippen LogP contribution in [0.5, 0.6) is 0 Å². The van der Waals surface area contributed by atoms with Crippen LogP contribution in [0.15, 0.2) is 24.3 Å². The molecule has 2 saturated heterocycles. The van der Waals surface area contributed by atoms with Crippen molar-refractivity contribution in [3.05, 3.63) is 24.3 Å². The second kappa shape index (κ2) is 9.48. The molecular weight excluding hydrogens is 374 g/mol. The lowest BCUT2D eigenvalue weighted by molar-refractivity contribution is 0.543. The van der Waals surface area contributed by atoms with Gasteiger partial charge >= 0.3 is 0 Å². The zero-order valence-electron chi connectivity index (χ0n) is 19.7. The summed E-state index contributed by atoms with van der Waals surface area (Å²) in [6.45, 7) is 19.9. The smallest absolute Gasteiger partial charge is 0.0143 e. The van der Waals surface area contributed by atoms with Crippen molar-refractivity contribution in [2.45, 2.75) is 104 Å². The monoisotopic (exact) mass is 418 g/mol. The lowest BCUT2D eigenvalue weighted by Crippen LogP contribution is -2.34. The van der Waals surface area contributed by atoms with E-state index in [0.29, 0.717) is 0 Å². The molecule has 0 N–H and O–H groups in total. The first-order valence-corrected chi connectivity index (χ1v) is 14.9. The fourth-order valence-electron chi connectivity index (χ4n) is 5.96. The van der Waals surface area contributed by atoms with Gasteiger partial charge in [0, 0.05) is 0 Å². The first-order chi connectivity index (χ1) is 13.2. The lowest BCUT2D eigenvalue weighted by Gasteiger charge is -2.37. The molecule has 2 heteroatoms. The molecule has 2 aliphatic heterocycles. The van der Waals surface area contributed by atoms with E-state index in [0.717, 1.165) is 46.3 Å². The van der Waals surface area contributed by atoms with Gasteiger partial charge in [0.05, 0.1) is 0 Å². The van der Waals surface area contributed by atoms with E-state index in [1.807, 2.05) is 10.6 Å². The van der Waals surface area contributed by atoms with Crippen LogP contribution in [0.2, 0.25) is 0 Å². The zero-order chi connectivity index (χ0) is 20.6. The Hall–Kier alpha value is 0.0800. The molecule has 0 saturated carbocycles. The molecule has 1 aromatic carbocycles. The number of benzene rings is 1. The Morgan fingerprint density at radius 2 is 0.786 bits per heavy atom. The number of rotatable bonds is 6. The Morgan fingerprint density at radius 1 is 0.536 bits per heavy atom. The summed E-state index contributed by atoms with van der Waals surface area (Å²) < 4.78 is 0. The number of hydrogen-bond donors (Lipinski definition) is 0. The molecule has 0 amide bonds. The standard InChI is InChI=1S/C26H44P2/c1-17(2)21-13-14-22(18(3)4)27(21)25-11-9-10-12-26(25)28-23(19(5)6)15-16-24(28)20(7)8/h9-12,17-24H,13-16H2,1-8H3/t21-,22?,23?,24?,27?,28?/m0/s1. The normalized spacial score (nSPS) is 33.7. The van der Waals surface area contributed by atoms with Gasteiger partial charge in [0.15, 0.2) is 0 Å². The molecule has 3 rings (SSSR count). The van der Waals surface area contributed by atoms with E-state index in [1.54, 1.807) is 0 Å². The van der Waals surface area contributed by atoms with Gasteiger partial charge in [-0.3, -0.25) is 0 Å². The summed E-state index contributed by atoms with van der Waals surface area (Å²) in [5, 5.41) is 3.66. The second-order valence-corrected chi connectivity index (χ2v) is 15.9. The molecule has 0 spiro atoms. The Kier molecular flexibility index (Phi) is 7.70.